The Kier molecular flexibility index (Phi) is 4.40. The van der Waals surface area contributed by atoms with Gasteiger partial charge in [0.05, 0.1) is 24.8 Å². The minimum Gasteiger partial charge on any atom is -0.386 e. The van der Waals surface area contributed by atoms with Gasteiger partial charge < -0.3 is 10.0 Å². The van der Waals surface area contributed by atoms with Gasteiger partial charge in [-0.25, -0.2) is 4.68 Å². The van der Waals surface area contributed by atoms with Gasteiger partial charge in [0.15, 0.2) is 5.69 Å². The van der Waals surface area contributed by atoms with E-state index >= 15 is 0 Å². The summed E-state index contributed by atoms with van der Waals surface area (Å²) in [6, 6.07) is 1.82. The van der Waals surface area contributed by atoms with Crippen LogP contribution in [0, 0.1) is 6.92 Å². The molecule has 1 N–H and O–H groups in total. The molecule has 0 spiro atoms. The molecule has 2 aromatic rings. The second kappa shape index (κ2) is 6.25. The second-order valence-electron chi connectivity index (χ2n) is 7.91. The van der Waals surface area contributed by atoms with Gasteiger partial charge in [-0.2, -0.15) is 5.10 Å². The van der Waals surface area contributed by atoms with E-state index < -0.39 is 5.60 Å². The maximum Gasteiger partial charge on any atom is 0.274 e. The minimum absolute atomic E-state index is 0.136. The van der Waals surface area contributed by atoms with Crippen LogP contribution in [0.5, 0.6) is 0 Å². The fraction of sp³-hybridized carbons (Fsp3) is 0.647. The topological polar surface area (TPSA) is 89.1 Å². The number of nitrogens with zero attached hydrogens (tertiary/aromatic N) is 6. The average molecular weight is 346 g/mol. The van der Waals surface area contributed by atoms with Gasteiger partial charge in [-0.3, -0.25) is 9.48 Å². The number of hydrogen-bond acceptors (Lipinski definition) is 5. The van der Waals surface area contributed by atoms with Crippen molar-refractivity contribution < 1.29 is 9.90 Å². The van der Waals surface area contributed by atoms with Crippen molar-refractivity contribution in [2.75, 3.05) is 13.1 Å². The largest absolute Gasteiger partial charge is 0.386 e. The van der Waals surface area contributed by atoms with Gasteiger partial charge in [0.25, 0.3) is 5.91 Å². The summed E-state index contributed by atoms with van der Waals surface area (Å²) in [5.41, 5.74) is 0.199. The van der Waals surface area contributed by atoms with Gasteiger partial charge in [0.2, 0.25) is 0 Å². The summed E-state index contributed by atoms with van der Waals surface area (Å²) < 4.78 is 3.47. The lowest BCUT2D eigenvalue weighted by Gasteiger charge is -2.38. The molecule has 1 amide bonds. The van der Waals surface area contributed by atoms with Gasteiger partial charge >= 0.3 is 0 Å². The van der Waals surface area contributed by atoms with E-state index in [-0.39, 0.29) is 18.0 Å². The molecule has 8 heteroatoms. The van der Waals surface area contributed by atoms with Crippen LogP contribution in [0.4, 0.5) is 0 Å². The summed E-state index contributed by atoms with van der Waals surface area (Å²) in [5, 5.41) is 23.1. The van der Waals surface area contributed by atoms with Gasteiger partial charge in [-0.05, 0) is 46.6 Å². The van der Waals surface area contributed by atoms with Crippen molar-refractivity contribution in [2.45, 2.75) is 58.2 Å². The molecule has 0 bridgehead atoms. The number of β-amino-alcohol motifs (C(OH)–C–C–N with tert-alkyl or cyclic N) is 1. The van der Waals surface area contributed by atoms with E-state index in [4.69, 9.17) is 0 Å². The number of likely N-dealkylation sites (tertiary alicyclic amines) is 1. The number of rotatable bonds is 3. The molecule has 1 atom stereocenters. The molecule has 3 heterocycles. The number of hydrogen-bond donors (Lipinski definition) is 1. The number of piperidine rings is 1. The zero-order valence-corrected chi connectivity index (χ0v) is 15.3. The molecule has 136 valence electrons. The van der Waals surface area contributed by atoms with Crippen LogP contribution in [0.1, 0.15) is 49.8 Å². The summed E-state index contributed by atoms with van der Waals surface area (Å²) in [6.07, 6.45) is 4.67. The Labute approximate surface area is 147 Å². The van der Waals surface area contributed by atoms with Crippen molar-refractivity contribution in [3.8, 4) is 0 Å². The predicted octanol–water partition coefficient (Wildman–Crippen LogP) is 1.21. The molecule has 0 aromatic carbocycles. The number of aromatic nitrogens is 5. The fourth-order valence-electron chi connectivity index (χ4n) is 3.45. The van der Waals surface area contributed by atoms with E-state index in [0.717, 1.165) is 12.1 Å². The van der Waals surface area contributed by atoms with Crippen LogP contribution in [0.3, 0.4) is 0 Å². The highest BCUT2D eigenvalue weighted by Gasteiger charge is 2.37. The number of aliphatic hydroxyl groups is 1. The number of amides is 1. The second-order valence-corrected chi connectivity index (χ2v) is 7.91. The Balaban J connectivity index is 1.76. The molecule has 1 aliphatic rings. The third kappa shape index (κ3) is 3.73. The third-order valence-corrected chi connectivity index (χ3v) is 4.51. The summed E-state index contributed by atoms with van der Waals surface area (Å²) in [6.45, 7) is 9.34. The lowest BCUT2D eigenvalue weighted by Crippen LogP contribution is -2.52. The van der Waals surface area contributed by atoms with Crippen LogP contribution >= 0.6 is 0 Å². The van der Waals surface area contributed by atoms with Crippen LogP contribution in [-0.2, 0) is 12.1 Å². The molecule has 0 saturated carbocycles. The van der Waals surface area contributed by atoms with Crippen molar-refractivity contribution in [3.63, 3.8) is 0 Å². The Morgan fingerprint density at radius 3 is 2.76 bits per heavy atom. The Morgan fingerprint density at radius 1 is 1.40 bits per heavy atom. The van der Waals surface area contributed by atoms with Crippen LogP contribution in [0.25, 0.3) is 0 Å². The van der Waals surface area contributed by atoms with E-state index in [2.05, 4.69) is 36.2 Å². The first-order valence-electron chi connectivity index (χ1n) is 8.61. The maximum absolute atomic E-state index is 12.9. The fourth-order valence-corrected chi connectivity index (χ4v) is 3.45. The van der Waals surface area contributed by atoms with E-state index in [1.807, 2.05) is 17.7 Å². The first-order chi connectivity index (χ1) is 11.7. The highest BCUT2D eigenvalue weighted by atomic mass is 16.3. The normalized spacial score (nSPS) is 21.6. The first-order valence-corrected chi connectivity index (χ1v) is 8.61. The molecule has 0 aliphatic carbocycles. The molecule has 8 nitrogen and oxygen atoms in total. The highest BCUT2D eigenvalue weighted by Crippen LogP contribution is 2.25. The molecule has 3 rings (SSSR count). The molecular weight excluding hydrogens is 320 g/mol. The van der Waals surface area contributed by atoms with Crippen LogP contribution in [0.2, 0.25) is 0 Å². The van der Waals surface area contributed by atoms with Crippen molar-refractivity contribution in [3.05, 3.63) is 29.8 Å². The van der Waals surface area contributed by atoms with Crippen molar-refractivity contribution in [2.24, 2.45) is 0 Å². The molecular formula is C17H26N6O2. The summed E-state index contributed by atoms with van der Waals surface area (Å²) in [7, 11) is 0. The standard InChI is InChI=1S/C17H26N6O2/c1-13-10-14(19-23(13)16(2,3)4)15(24)21-8-5-6-17(25,11-21)12-22-9-7-18-20-22/h7,9-10,25H,5-6,8,11-12H2,1-4H3. The smallest absolute Gasteiger partial charge is 0.274 e. The molecule has 1 saturated heterocycles. The van der Waals surface area contributed by atoms with E-state index in [9.17, 15) is 9.90 Å². The number of carbonyl (C=O) groups excluding carboxylic acids is 1. The summed E-state index contributed by atoms with van der Waals surface area (Å²) in [4.78, 5) is 14.6. The maximum atomic E-state index is 12.9. The zero-order chi connectivity index (χ0) is 18.2. The van der Waals surface area contributed by atoms with Gasteiger partial charge in [0.1, 0.15) is 5.60 Å². The quantitative estimate of drug-likeness (QED) is 0.902. The van der Waals surface area contributed by atoms with Gasteiger partial charge in [0, 0.05) is 18.4 Å². The van der Waals surface area contributed by atoms with Crippen LogP contribution in [0.15, 0.2) is 18.5 Å². The number of aryl methyl sites for hydroxylation is 1. The van der Waals surface area contributed by atoms with Crippen molar-refractivity contribution in [1.82, 2.24) is 29.7 Å². The molecule has 1 unspecified atom stereocenters. The monoisotopic (exact) mass is 346 g/mol. The van der Waals surface area contributed by atoms with Gasteiger partial charge in [-0.15, -0.1) is 5.10 Å². The van der Waals surface area contributed by atoms with E-state index in [1.165, 1.54) is 0 Å². The molecule has 2 aromatic heterocycles. The Hall–Kier alpha value is -2.22. The highest BCUT2D eigenvalue weighted by molar-refractivity contribution is 5.92. The number of carbonyl (C=O) groups is 1. The third-order valence-electron chi connectivity index (χ3n) is 4.51. The Morgan fingerprint density at radius 2 is 2.16 bits per heavy atom. The summed E-state index contributed by atoms with van der Waals surface area (Å²) >= 11 is 0. The van der Waals surface area contributed by atoms with Gasteiger partial charge in [-0.1, -0.05) is 5.21 Å². The minimum atomic E-state index is -0.997. The zero-order valence-electron chi connectivity index (χ0n) is 15.3. The van der Waals surface area contributed by atoms with Crippen LogP contribution < -0.4 is 0 Å². The first kappa shape index (κ1) is 17.6. The predicted molar refractivity (Wildman–Crippen MR) is 92.1 cm³/mol. The summed E-state index contributed by atoms with van der Waals surface area (Å²) in [5.74, 6) is -0.136. The Bertz CT molecular complexity index is 746. The molecule has 25 heavy (non-hydrogen) atoms. The molecule has 1 fully saturated rings. The molecule has 0 radical (unpaired) electrons. The van der Waals surface area contributed by atoms with Crippen molar-refractivity contribution >= 4 is 5.91 Å². The van der Waals surface area contributed by atoms with Crippen molar-refractivity contribution in [1.29, 1.82) is 0 Å². The lowest BCUT2D eigenvalue weighted by atomic mass is 9.92. The van der Waals surface area contributed by atoms with E-state index in [1.54, 1.807) is 22.0 Å². The lowest BCUT2D eigenvalue weighted by molar-refractivity contribution is -0.0389. The average Bonchev–Trinajstić information content (AvgIpc) is 3.15. The SMILES string of the molecule is Cc1cc(C(=O)N2CCCC(O)(Cn3ccnn3)C2)nn1C(C)(C)C. The van der Waals surface area contributed by atoms with E-state index in [0.29, 0.717) is 25.2 Å². The van der Waals surface area contributed by atoms with Crippen LogP contribution in [-0.4, -0.2) is 59.4 Å². The molecule has 1 aliphatic heterocycles.